The van der Waals surface area contributed by atoms with Crippen LogP contribution in [0.1, 0.15) is 37.7 Å². The number of benzene rings is 1. The molecule has 1 aliphatic heterocycles. The van der Waals surface area contributed by atoms with Gasteiger partial charge in [-0.2, -0.15) is 0 Å². The van der Waals surface area contributed by atoms with Crippen molar-refractivity contribution in [2.24, 2.45) is 0 Å². The Morgan fingerprint density at radius 3 is 2.50 bits per heavy atom. The summed E-state index contributed by atoms with van der Waals surface area (Å²) < 4.78 is 0. The van der Waals surface area contributed by atoms with Crippen LogP contribution < -0.4 is 0 Å². The molecule has 1 saturated carbocycles. The third kappa shape index (κ3) is 2.50. The maximum atomic E-state index is 12.5. The molecular weight excluding hydrogens is 250 g/mol. The lowest BCUT2D eigenvalue weighted by molar-refractivity contribution is -0.128. The summed E-state index contributed by atoms with van der Waals surface area (Å²) in [4.78, 5) is 14.3. The highest BCUT2D eigenvalue weighted by Gasteiger charge is 2.40. The molecule has 1 amide bonds. The van der Waals surface area contributed by atoms with E-state index in [0.29, 0.717) is 18.7 Å². The summed E-state index contributed by atoms with van der Waals surface area (Å²) >= 11 is 0. The Morgan fingerprint density at radius 1 is 1.10 bits per heavy atom. The zero-order chi connectivity index (χ0) is 14.0. The van der Waals surface area contributed by atoms with Gasteiger partial charge in [0.25, 0.3) is 5.91 Å². The summed E-state index contributed by atoms with van der Waals surface area (Å²) in [6, 6.07) is 10.0. The predicted octanol–water partition coefficient (Wildman–Crippen LogP) is 2.65. The third-order valence-corrected chi connectivity index (χ3v) is 4.43. The van der Waals surface area contributed by atoms with Gasteiger partial charge in [0, 0.05) is 18.7 Å². The Kier molecular flexibility index (Phi) is 3.62. The first kappa shape index (κ1) is 13.4. The zero-order valence-corrected chi connectivity index (χ0v) is 11.7. The second kappa shape index (κ2) is 5.41. The number of nitrogens with zero attached hydrogens (tertiary/aromatic N) is 1. The molecule has 0 radical (unpaired) electrons. The largest absolute Gasteiger partial charge is 0.385 e. The van der Waals surface area contributed by atoms with Crippen LogP contribution in [0.2, 0.25) is 0 Å². The van der Waals surface area contributed by atoms with E-state index in [1.54, 1.807) is 0 Å². The van der Waals surface area contributed by atoms with Crippen molar-refractivity contribution < 1.29 is 9.90 Å². The van der Waals surface area contributed by atoms with Gasteiger partial charge in [-0.15, -0.1) is 0 Å². The van der Waals surface area contributed by atoms with Gasteiger partial charge in [0.2, 0.25) is 0 Å². The number of hydrogen-bond acceptors (Lipinski definition) is 2. The van der Waals surface area contributed by atoms with Crippen molar-refractivity contribution >= 4 is 5.91 Å². The minimum atomic E-state index is -0.874. The van der Waals surface area contributed by atoms with Crippen LogP contribution in [-0.2, 0) is 11.3 Å². The highest BCUT2D eigenvalue weighted by Crippen LogP contribution is 2.37. The summed E-state index contributed by atoms with van der Waals surface area (Å²) in [6.45, 7) is 1.24. The standard InChI is InChI=1S/C17H21NO2/c19-16-15(17(20)10-5-2-6-11-17)9-12-18(16)13-14-7-3-1-4-8-14/h1,3-4,7-9,20H,2,5-6,10-13H2. The van der Waals surface area contributed by atoms with E-state index in [2.05, 4.69) is 0 Å². The molecule has 0 bridgehead atoms. The van der Waals surface area contributed by atoms with Crippen molar-refractivity contribution in [1.29, 1.82) is 0 Å². The van der Waals surface area contributed by atoms with E-state index >= 15 is 0 Å². The van der Waals surface area contributed by atoms with Gasteiger partial charge in [0.05, 0.1) is 5.60 Å². The van der Waals surface area contributed by atoms with Gasteiger partial charge in [0.15, 0.2) is 0 Å². The monoisotopic (exact) mass is 271 g/mol. The molecule has 3 rings (SSSR count). The number of carbonyl (C=O) groups excluding carboxylic acids is 1. The molecule has 0 saturated heterocycles. The Morgan fingerprint density at radius 2 is 1.80 bits per heavy atom. The quantitative estimate of drug-likeness (QED) is 0.918. The fraction of sp³-hybridized carbons (Fsp3) is 0.471. The summed E-state index contributed by atoms with van der Waals surface area (Å²) in [7, 11) is 0. The molecule has 0 unspecified atom stereocenters. The molecule has 1 heterocycles. The lowest BCUT2D eigenvalue weighted by atomic mass is 9.79. The highest BCUT2D eigenvalue weighted by molar-refractivity contribution is 5.97. The minimum Gasteiger partial charge on any atom is -0.385 e. The molecule has 1 aromatic carbocycles. The van der Waals surface area contributed by atoms with Crippen LogP contribution in [0.5, 0.6) is 0 Å². The normalized spacial score (nSPS) is 21.9. The maximum absolute atomic E-state index is 12.5. The first-order chi connectivity index (χ1) is 9.69. The van der Waals surface area contributed by atoms with Crippen LogP contribution in [0.25, 0.3) is 0 Å². The Labute approximate surface area is 119 Å². The zero-order valence-electron chi connectivity index (χ0n) is 11.7. The molecule has 0 aromatic heterocycles. The topological polar surface area (TPSA) is 40.5 Å². The van der Waals surface area contributed by atoms with Crippen LogP contribution in [0, 0.1) is 0 Å². The van der Waals surface area contributed by atoms with E-state index in [1.807, 2.05) is 41.3 Å². The van der Waals surface area contributed by atoms with Gasteiger partial charge in [-0.1, -0.05) is 55.7 Å². The van der Waals surface area contributed by atoms with Crippen LogP contribution in [0.3, 0.4) is 0 Å². The Balaban J connectivity index is 1.70. The lowest BCUT2D eigenvalue weighted by Gasteiger charge is -2.33. The molecular formula is C17H21NO2. The minimum absolute atomic E-state index is 0.0123. The number of aliphatic hydroxyl groups is 1. The van der Waals surface area contributed by atoms with Crippen LogP contribution >= 0.6 is 0 Å². The second-order valence-electron chi connectivity index (χ2n) is 5.88. The molecule has 1 aromatic rings. The number of amides is 1. The van der Waals surface area contributed by atoms with Crippen LogP contribution in [-0.4, -0.2) is 28.1 Å². The molecule has 1 N–H and O–H groups in total. The van der Waals surface area contributed by atoms with E-state index in [0.717, 1.165) is 37.7 Å². The highest BCUT2D eigenvalue weighted by atomic mass is 16.3. The summed E-state index contributed by atoms with van der Waals surface area (Å²) in [5, 5.41) is 10.7. The third-order valence-electron chi connectivity index (χ3n) is 4.43. The van der Waals surface area contributed by atoms with Crippen molar-refractivity contribution in [2.45, 2.75) is 44.2 Å². The molecule has 106 valence electrons. The first-order valence-corrected chi connectivity index (χ1v) is 7.45. The summed E-state index contributed by atoms with van der Waals surface area (Å²) in [5.41, 5.74) is 0.889. The Hall–Kier alpha value is -1.61. The van der Waals surface area contributed by atoms with Crippen LogP contribution in [0.15, 0.2) is 42.0 Å². The molecule has 0 atom stereocenters. The SMILES string of the molecule is O=C1C(C2(O)CCCCC2)=CCN1Cc1ccccc1. The van der Waals surface area contributed by atoms with E-state index in [9.17, 15) is 9.90 Å². The van der Waals surface area contributed by atoms with Gasteiger partial charge in [-0.05, 0) is 18.4 Å². The van der Waals surface area contributed by atoms with Gasteiger partial charge in [0.1, 0.15) is 0 Å². The molecule has 3 nitrogen and oxygen atoms in total. The number of hydrogen-bond donors (Lipinski definition) is 1. The van der Waals surface area contributed by atoms with Crippen molar-refractivity contribution in [2.75, 3.05) is 6.54 Å². The molecule has 3 heteroatoms. The predicted molar refractivity (Wildman–Crippen MR) is 78.0 cm³/mol. The fourth-order valence-electron chi connectivity index (χ4n) is 3.28. The Bertz CT molecular complexity index is 515. The van der Waals surface area contributed by atoms with E-state index in [4.69, 9.17) is 0 Å². The molecule has 20 heavy (non-hydrogen) atoms. The first-order valence-electron chi connectivity index (χ1n) is 7.45. The average molecular weight is 271 g/mol. The van der Waals surface area contributed by atoms with Crippen molar-refractivity contribution in [3.63, 3.8) is 0 Å². The van der Waals surface area contributed by atoms with Crippen molar-refractivity contribution in [1.82, 2.24) is 4.90 Å². The van der Waals surface area contributed by atoms with Gasteiger partial charge < -0.3 is 10.0 Å². The van der Waals surface area contributed by atoms with Gasteiger partial charge in [-0.3, -0.25) is 4.79 Å². The molecule has 1 aliphatic carbocycles. The van der Waals surface area contributed by atoms with Crippen molar-refractivity contribution in [3.05, 3.63) is 47.5 Å². The average Bonchev–Trinajstić information content (AvgIpc) is 2.83. The maximum Gasteiger partial charge on any atom is 0.253 e. The molecule has 2 aliphatic rings. The van der Waals surface area contributed by atoms with Crippen molar-refractivity contribution in [3.8, 4) is 0 Å². The molecule has 1 fully saturated rings. The fourth-order valence-corrected chi connectivity index (χ4v) is 3.28. The molecule has 0 spiro atoms. The number of carbonyl (C=O) groups is 1. The summed E-state index contributed by atoms with van der Waals surface area (Å²) in [6.07, 6.45) is 6.57. The summed E-state index contributed by atoms with van der Waals surface area (Å²) in [5.74, 6) is 0.0123. The van der Waals surface area contributed by atoms with Gasteiger partial charge in [-0.25, -0.2) is 0 Å². The van der Waals surface area contributed by atoms with Crippen LogP contribution in [0.4, 0.5) is 0 Å². The smallest absolute Gasteiger partial charge is 0.253 e. The second-order valence-corrected chi connectivity index (χ2v) is 5.88. The van der Waals surface area contributed by atoms with Gasteiger partial charge >= 0.3 is 0 Å². The van der Waals surface area contributed by atoms with E-state index in [1.165, 1.54) is 0 Å². The number of rotatable bonds is 3. The lowest BCUT2D eigenvalue weighted by Crippen LogP contribution is -2.39. The van der Waals surface area contributed by atoms with E-state index < -0.39 is 5.60 Å². The van der Waals surface area contributed by atoms with E-state index in [-0.39, 0.29) is 5.91 Å².